The standard InChI is InChI=1S/C19H24N4O3S/c1-11(2)17(25)23-8-14-6-15(21-16(24)13-4-5-27-9-13)7-19(14,10-23)18-20-12(3)22-26-18/h4-5,9,11,14-15H,6-8,10H2,1-3H3,(H,21,24)/t14?,15-,19+/m1/s1. The molecule has 1 aliphatic heterocycles. The van der Waals surface area contributed by atoms with Crippen molar-refractivity contribution in [3.63, 3.8) is 0 Å². The van der Waals surface area contributed by atoms with Crippen molar-refractivity contribution in [1.29, 1.82) is 0 Å². The number of carbonyl (C=O) groups excluding carboxylic acids is 2. The number of likely N-dealkylation sites (tertiary alicyclic amines) is 1. The van der Waals surface area contributed by atoms with Gasteiger partial charge in [-0.1, -0.05) is 19.0 Å². The van der Waals surface area contributed by atoms with Gasteiger partial charge in [0.15, 0.2) is 5.82 Å². The maximum atomic E-state index is 12.6. The van der Waals surface area contributed by atoms with E-state index in [1.54, 1.807) is 6.92 Å². The Labute approximate surface area is 162 Å². The van der Waals surface area contributed by atoms with E-state index in [0.29, 0.717) is 36.8 Å². The van der Waals surface area contributed by atoms with Gasteiger partial charge in [0.1, 0.15) is 0 Å². The molecule has 2 aromatic heterocycles. The number of fused-ring (bicyclic) bond motifs is 1. The van der Waals surface area contributed by atoms with Crippen molar-refractivity contribution in [3.05, 3.63) is 34.1 Å². The molecular formula is C19H24N4O3S. The number of carbonyl (C=O) groups is 2. The van der Waals surface area contributed by atoms with E-state index in [1.165, 1.54) is 11.3 Å². The lowest BCUT2D eigenvalue weighted by Gasteiger charge is -2.26. The van der Waals surface area contributed by atoms with Crippen LogP contribution in [0.3, 0.4) is 0 Å². The van der Waals surface area contributed by atoms with E-state index in [-0.39, 0.29) is 35.1 Å². The summed E-state index contributed by atoms with van der Waals surface area (Å²) < 4.78 is 5.56. The van der Waals surface area contributed by atoms with Gasteiger partial charge in [0, 0.05) is 36.0 Å². The van der Waals surface area contributed by atoms with Crippen LogP contribution in [0, 0.1) is 18.8 Å². The maximum absolute atomic E-state index is 12.6. The molecule has 2 fully saturated rings. The molecule has 0 radical (unpaired) electrons. The number of thiophene rings is 1. The van der Waals surface area contributed by atoms with E-state index in [9.17, 15) is 9.59 Å². The molecular weight excluding hydrogens is 364 g/mol. The van der Waals surface area contributed by atoms with Crippen LogP contribution in [0.1, 0.15) is 48.8 Å². The van der Waals surface area contributed by atoms with Crippen LogP contribution < -0.4 is 5.32 Å². The lowest BCUT2D eigenvalue weighted by Crippen LogP contribution is -2.40. The van der Waals surface area contributed by atoms with Gasteiger partial charge < -0.3 is 14.7 Å². The van der Waals surface area contributed by atoms with E-state index >= 15 is 0 Å². The third-order valence-corrected chi connectivity index (χ3v) is 6.44. The number of nitrogens with one attached hydrogen (secondary N) is 1. The molecule has 1 saturated heterocycles. The number of nitrogens with zero attached hydrogens (tertiary/aromatic N) is 3. The molecule has 7 nitrogen and oxygen atoms in total. The fraction of sp³-hybridized carbons (Fsp3) is 0.579. The van der Waals surface area contributed by atoms with E-state index in [2.05, 4.69) is 15.5 Å². The van der Waals surface area contributed by atoms with E-state index < -0.39 is 0 Å². The number of rotatable bonds is 4. The number of aryl methyl sites for hydroxylation is 1. The summed E-state index contributed by atoms with van der Waals surface area (Å²) in [4.78, 5) is 31.5. The smallest absolute Gasteiger partial charge is 0.252 e. The van der Waals surface area contributed by atoms with Gasteiger partial charge in [-0.05, 0) is 37.1 Å². The molecule has 0 bridgehead atoms. The summed E-state index contributed by atoms with van der Waals surface area (Å²) in [6.45, 7) is 6.88. The normalized spacial score (nSPS) is 27.2. The summed E-state index contributed by atoms with van der Waals surface area (Å²) >= 11 is 1.51. The van der Waals surface area contributed by atoms with Crippen molar-refractivity contribution >= 4 is 23.2 Å². The van der Waals surface area contributed by atoms with Crippen LogP contribution >= 0.6 is 11.3 Å². The van der Waals surface area contributed by atoms with Gasteiger partial charge in [0.2, 0.25) is 11.8 Å². The van der Waals surface area contributed by atoms with Gasteiger partial charge in [-0.25, -0.2) is 0 Å². The fourth-order valence-corrected chi connectivity index (χ4v) is 5.14. The zero-order valence-corrected chi connectivity index (χ0v) is 16.6. The molecule has 2 amide bonds. The van der Waals surface area contributed by atoms with Gasteiger partial charge in [-0.15, -0.1) is 0 Å². The average Bonchev–Trinajstić information content (AvgIpc) is 3.36. The highest BCUT2D eigenvalue weighted by atomic mass is 32.1. The van der Waals surface area contributed by atoms with Crippen LogP contribution in [0.4, 0.5) is 0 Å². The summed E-state index contributed by atoms with van der Waals surface area (Å²) in [6.07, 6.45) is 1.51. The molecule has 1 N–H and O–H groups in total. The Balaban J connectivity index is 1.57. The lowest BCUT2D eigenvalue weighted by atomic mass is 9.80. The number of amides is 2. The van der Waals surface area contributed by atoms with Gasteiger partial charge in [0.05, 0.1) is 5.41 Å². The largest absolute Gasteiger partial charge is 0.349 e. The minimum atomic E-state index is -0.377. The highest BCUT2D eigenvalue weighted by Crippen LogP contribution is 2.50. The molecule has 1 unspecified atom stereocenters. The van der Waals surface area contributed by atoms with Crippen molar-refractivity contribution in [2.24, 2.45) is 11.8 Å². The Kier molecular flexibility index (Phi) is 4.53. The predicted molar refractivity (Wildman–Crippen MR) is 100 cm³/mol. The predicted octanol–water partition coefficient (Wildman–Crippen LogP) is 2.38. The van der Waals surface area contributed by atoms with Crippen molar-refractivity contribution in [2.75, 3.05) is 13.1 Å². The quantitative estimate of drug-likeness (QED) is 0.869. The molecule has 1 saturated carbocycles. The summed E-state index contributed by atoms with van der Waals surface area (Å²) in [5.41, 5.74) is 0.314. The van der Waals surface area contributed by atoms with Crippen LogP contribution in [0.2, 0.25) is 0 Å². The Morgan fingerprint density at radius 3 is 2.89 bits per heavy atom. The summed E-state index contributed by atoms with van der Waals surface area (Å²) in [7, 11) is 0. The Hall–Kier alpha value is -2.22. The molecule has 3 atom stereocenters. The van der Waals surface area contributed by atoms with E-state index in [1.807, 2.05) is 35.6 Å². The summed E-state index contributed by atoms with van der Waals surface area (Å²) in [6, 6.07) is 1.86. The van der Waals surface area contributed by atoms with Crippen LogP contribution in [0.15, 0.2) is 21.3 Å². The van der Waals surface area contributed by atoms with Crippen LogP contribution in [-0.2, 0) is 10.2 Å². The molecule has 3 heterocycles. The van der Waals surface area contributed by atoms with E-state index in [4.69, 9.17) is 4.52 Å². The Morgan fingerprint density at radius 2 is 2.26 bits per heavy atom. The van der Waals surface area contributed by atoms with Crippen LogP contribution in [0.25, 0.3) is 0 Å². The topological polar surface area (TPSA) is 88.3 Å². The first-order chi connectivity index (χ1) is 12.9. The maximum Gasteiger partial charge on any atom is 0.252 e. The number of hydrogen-bond donors (Lipinski definition) is 1. The first-order valence-corrected chi connectivity index (χ1v) is 10.3. The minimum absolute atomic E-state index is 0.0332. The molecule has 27 heavy (non-hydrogen) atoms. The molecule has 2 aliphatic rings. The molecule has 0 aromatic carbocycles. The summed E-state index contributed by atoms with van der Waals surface area (Å²) in [5, 5.41) is 10.9. The highest BCUT2D eigenvalue weighted by molar-refractivity contribution is 7.08. The average molecular weight is 388 g/mol. The first-order valence-electron chi connectivity index (χ1n) is 9.31. The monoisotopic (exact) mass is 388 g/mol. The van der Waals surface area contributed by atoms with Gasteiger partial charge in [-0.2, -0.15) is 16.3 Å². The molecule has 144 valence electrons. The van der Waals surface area contributed by atoms with Crippen LogP contribution in [0.5, 0.6) is 0 Å². The summed E-state index contributed by atoms with van der Waals surface area (Å²) in [5.74, 6) is 1.45. The minimum Gasteiger partial charge on any atom is -0.349 e. The molecule has 2 aromatic rings. The second-order valence-electron chi connectivity index (χ2n) is 8.00. The van der Waals surface area contributed by atoms with Crippen molar-refractivity contribution < 1.29 is 14.1 Å². The third kappa shape index (κ3) is 3.16. The lowest BCUT2D eigenvalue weighted by molar-refractivity contribution is -0.133. The molecule has 1 aliphatic carbocycles. The number of hydrogen-bond acceptors (Lipinski definition) is 6. The van der Waals surface area contributed by atoms with Gasteiger partial charge >= 0.3 is 0 Å². The number of aromatic nitrogens is 2. The zero-order valence-electron chi connectivity index (χ0n) is 15.8. The fourth-order valence-electron chi connectivity index (χ4n) is 4.51. The van der Waals surface area contributed by atoms with Crippen molar-refractivity contribution in [2.45, 2.75) is 45.1 Å². The first kappa shape index (κ1) is 18.2. The van der Waals surface area contributed by atoms with Gasteiger partial charge in [0.25, 0.3) is 5.91 Å². The Morgan fingerprint density at radius 1 is 1.44 bits per heavy atom. The zero-order chi connectivity index (χ0) is 19.2. The van der Waals surface area contributed by atoms with Gasteiger partial charge in [-0.3, -0.25) is 9.59 Å². The molecule has 4 rings (SSSR count). The third-order valence-electron chi connectivity index (χ3n) is 5.75. The SMILES string of the molecule is Cc1noc([C@]23C[C@H](NC(=O)c4ccsc4)CC2CN(C(=O)C(C)C)C3)n1. The van der Waals surface area contributed by atoms with E-state index in [0.717, 1.165) is 6.42 Å². The Bertz CT molecular complexity index is 847. The second-order valence-corrected chi connectivity index (χ2v) is 8.78. The molecule has 8 heteroatoms. The van der Waals surface area contributed by atoms with Crippen LogP contribution in [-0.4, -0.2) is 46.0 Å². The molecule has 0 spiro atoms. The van der Waals surface area contributed by atoms with Crippen molar-refractivity contribution in [1.82, 2.24) is 20.4 Å². The highest BCUT2D eigenvalue weighted by Gasteiger charge is 2.58. The van der Waals surface area contributed by atoms with Crippen molar-refractivity contribution in [3.8, 4) is 0 Å². The second kappa shape index (κ2) is 6.74.